The van der Waals surface area contributed by atoms with Crippen LogP contribution in [-0.4, -0.2) is 57.2 Å². The highest BCUT2D eigenvalue weighted by atomic mass is 32.2. The monoisotopic (exact) mass is 474 g/mol. The molecule has 174 valence electrons. The number of fused-ring (bicyclic) bond motifs is 1. The van der Waals surface area contributed by atoms with Gasteiger partial charge in [0, 0.05) is 49.6 Å². The highest BCUT2D eigenvalue weighted by Crippen LogP contribution is 2.24. The molecule has 1 atom stereocenters. The Hall–Kier alpha value is -2.86. The second kappa shape index (κ2) is 10.4. The molecule has 1 aliphatic heterocycles. The molecular formula is C22H22F2N5O3S-. The van der Waals surface area contributed by atoms with E-state index in [0.717, 1.165) is 32.2 Å². The van der Waals surface area contributed by atoms with Gasteiger partial charge in [0.2, 0.25) is 0 Å². The number of aromatic nitrogens is 2. The molecule has 1 saturated heterocycles. The maximum absolute atomic E-state index is 15.0. The molecule has 2 heterocycles. The number of rotatable bonds is 8. The molecule has 2 N–H and O–H groups in total. The zero-order chi connectivity index (χ0) is 23.4. The molecule has 8 nitrogen and oxygen atoms in total. The van der Waals surface area contributed by atoms with Crippen molar-refractivity contribution >= 4 is 33.9 Å². The van der Waals surface area contributed by atoms with E-state index in [9.17, 15) is 17.9 Å². The van der Waals surface area contributed by atoms with E-state index < -0.39 is 34.2 Å². The number of carbonyl (C=O) groups excluding carboxylic acids is 1. The van der Waals surface area contributed by atoms with E-state index in [0.29, 0.717) is 23.3 Å². The predicted octanol–water partition coefficient (Wildman–Crippen LogP) is 1.86. The number of hydrogen-bond donors (Lipinski definition) is 2. The highest BCUT2D eigenvalue weighted by Gasteiger charge is 2.22. The van der Waals surface area contributed by atoms with Crippen LogP contribution in [0.1, 0.15) is 27.9 Å². The third kappa shape index (κ3) is 5.38. The average molecular weight is 475 g/mol. The Morgan fingerprint density at radius 1 is 1.18 bits per heavy atom. The fraction of sp³-hybridized carbons (Fsp3) is 0.318. The lowest BCUT2D eigenvalue weighted by Crippen LogP contribution is -2.43. The molecular weight excluding hydrogens is 452 g/mol. The standard InChI is InChI=1S/C22H23F2N5O3S/c23-16-5-3-14(2-1-7-27-33(31)32)21(24)20(16)22(30)15-4-6-17-18(12-15)28-19(13-26-17)29-10-8-25-9-11-29/h3-6,12-13,25,27H,1-2,7-11H2,(H,31,32)/p-1. The van der Waals surface area contributed by atoms with E-state index in [1.165, 1.54) is 18.2 Å². The average Bonchev–Trinajstić information content (AvgIpc) is 2.82. The summed E-state index contributed by atoms with van der Waals surface area (Å²) in [6, 6.07) is 6.89. The van der Waals surface area contributed by atoms with Crippen LogP contribution in [0.15, 0.2) is 36.5 Å². The summed E-state index contributed by atoms with van der Waals surface area (Å²) in [5, 5.41) is 3.26. The van der Waals surface area contributed by atoms with Gasteiger partial charge in [0.05, 0.1) is 22.8 Å². The summed E-state index contributed by atoms with van der Waals surface area (Å²) in [7, 11) is 0. The molecule has 1 aliphatic rings. The zero-order valence-corrected chi connectivity index (χ0v) is 18.5. The van der Waals surface area contributed by atoms with Gasteiger partial charge in [-0.3, -0.25) is 14.0 Å². The van der Waals surface area contributed by atoms with Crippen LogP contribution in [0.4, 0.5) is 14.6 Å². The van der Waals surface area contributed by atoms with Gasteiger partial charge >= 0.3 is 0 Å². The first-order chi connectivity index (χ1) is 15.9. The summed E-state index contributed by atoms with van der Waals surface area (Å²) in [6.07, 6.45) is 2.12. The molecule has 1 unspecified atom stereocenters. The first-order valence-electron chi connectivity index (χ1n) is 10.5. The Labute approximate surface area is 191 Å². The van der Waals surface area contributed by atoms with Crippen molar-refractivity contribution in [2.75, 3.05) is 37.6 Å². The number of carbonyl (C=O) groups is 1. The van der Waals surface area contributed by atoms with E-state index in [1.807, 2.05) is 0 Å². The Bertz CT molecular complexity index is 1200. The van der Waals surface area contributed by atoms with Gasteiger partial charge in [0.25, 0.3) is 0 Å². The first kappa shape index (κ1) is 23.3. The van der Waals surface area contributed by atoms with Crippen LogP contribution in [0.5, 0.6) is 0 Å². The normalized spacial score (nSPS) is 15.1. The van der Waals surface area contributed by atoms with Crippen molar-refractivity contribution in [1.29, 1.82) is 0 Å². The molecule has 0 bridgehead atoms. The molecule has 4 rings (SSSR count). The fourth-order valence-corrected chi connectivity index (χ4v) is 4.08. The number of ketones is 1. The minimum Gasteiger partial charge on any atom is -0.760 e. The maximum Gasteiger partial charge on any atom is 0.199 e. The van der Waals surface area contributed by atoms with Crippen LogP contribution >= 0.6 is 0 Å². The highest BCUT2D eigenvalue weighted by molar-refractivity contribution is 7.77. The van der Waals surface area contributed by atoms with Gasteiger partial charge in [0.1, 0.15) is 17.5 Å². The molecule has 11 heteroatoms. The molecule has 0 saturated carbocycles. The Morgan fingerprint density at radius 2 is 1.97 bits per heavy atom. The summed E-state index contributed by atoms with van der Waals surface area (Å²) in [6.45, 7) is 3.33. The van der Waals surface area contributed by atoms with Gasteiger partial charge in [-0.2, -0.15) is 0 Å². The summed E-state index contributed by atoms with van der Waals surface area (Å²) >= 11 is -2.41. The van der Waals surface area contributed by atoms with Gasteiger partial charge in [-0.25, -0.2) is 18.5 Å². The number of anilines is 1. The quantitative estimate of drug-likeness (QED) is 0.291. The fourth-order valence-electron chi connectivity index (χ4n) is 3.76. The van der Waals surface area contributed by atoms with Gasteiger partial charge < -0.3 is 14.8 Å². The number of halogens is 2. The van der Waals surface area contributed by atoms with E-state index in [2.05, 4.69) is 24.9 Å². The number of aryl methyl sites for hydroxylation is 1. The number of piperazine rings is 1. The van der Waals surface area contributed by atoms with Crippen molar-refractivity contribution in [1.82, 2.24) is 20.0 Å². The van der Waals surface area contributed by atoms with Crippen LogP contribution in [0.2, 0.25) is 0 Å². The second-order valence-electron chi connectivity index (χ2n) is 7.63. The lowest BCUT2D eigenvalue weighted by atomic mass is 9.97. The third-order valence-corrected chi connectivity index (χ3v) is 5.91. The van der Waals surface area contributed by atoms with Gasteiger partial charge in [-0.15, -0.1) is 0 Å². The lowest BCUT2D eigenvalue weighted by Gasteiger charge is -2.28. The van der Waals surface area contributed by atoms with Crippen LogP contribution in [0, 0.1) is 11.6 Å². The van der Waals surface area contributed by atoms with Crippen molar-refractivity contribution < 1.29 is 22.3 Å². The molecule has 2 aromatic carbocycles. The largest absolute Gasteiger partial charge is 0.760 e. The predicted molar refractivity (Wildman–Crippen MR) is 120 cm³/mol. The topological polar surface area (TPSA) is 110 Å². The summed E-state index contributed by atoms with van der Waals surface area (Å²) in [5.74, 6) is -2.01. The number of benzene rings is 2. The summed E-state index contributed by atoms with van der Waals surface area (Å²) in [5.41, 5.74) is 0.639. The Balaban J connectivity index is 1.60. The second-order valence-corrected chi connectivity index (χ2v) is 8.38. The lowest BCUT2D eigenvalue weighted by molar-refractivity contribution is 0.103. The number of hydrogen-bond acceptors (Lipinski definition) is 7. The van der Waals surface area contributed by atoms with Crippen molar-refractivity contribution in [2.24, 2.45) is 0 Å². The van der Waals surface area contributed by atoms with Crippen molar-refractivity contribution in [3.05, 3.63) is 64.9 Å². The molecule has 0 radical (unpaired) electrons. The summed E-state index contributed by atoms with van der Waals surface area (Å²) < 4.78 is 52.8. The minimum absolute atomic E-state index is 0.104. The van der Waals surface area contributed by atoms with E-state index in [4.69, 9.17) is 0 Å². The SMILES string of the molecule is O=C(c1ccc2ncc(N3CCNCC3)nc2c1)c1c(F)ccc(CCCNS(=O)[O-])c1F. The maximum atomic E-state index is 15.0. The molecule has 0 spiro atoms. The molecule has 1 fully saturated rings. The first-order valence-corrected chi connectivity index (χ1v) is 11.6. The van der Waals surface area contributed by atoms with Crippen LogP contribution in [0.25, 0.3) is 11.0 Å². The molecule has 33 heavy (non-hydrogen) atoms. The van der Waals surface area contributed by atoms with Gasteiger partial charge in [-0.1, -0.05) is 6.07 Å². The third-order valence-electron chi connectivity index (χ3n) is 5.47. The van der Waals surface area contributed by atoms with Crippen molar-refractivity contribution in [3.63, 3.8) is 0 Å². The molecule has 3 aromatic rings. The minimum atomic E-state index is -2.41. The van der Waals surface area contributed by atoms with Crippen molar-refractivity contribution in [3.8, 4) is 0 Å². The Morgan fingerprint density at radius 3 is 2.73 bits per heavy atom. The smallest absolute Gasteiger partial charge is 0.199 e. The van der Waals surface area contributed by atoms with Gasteiger partial charge in [-0.05, 0) is 42.7 Å². The van der Waals surface area contributed by atoms with E-state index >= 15 is 4.39 Å². The Kier molecular flexibility index (Phi) is 7.33. The zero-order valence-electron chi connectivity index (χ0n) is 17.6. The van der Waals surface area contributed by atoms with Crippen LogP contribution in [0.3, 0.4) is 0 Å². The van der Waals surface area contributed by atoms with Crippen LogP contribution < -0.4 is 14.9 Å². The number of nitrogens with one attached hydrogen (secondary N) is 2. The molecule has 0 amide bonds. The molecule has 1 aromatic heterocycles. The summed E-state index contributed by atoms with van der Waals surface area (Å²) in [4.78, 5) is 24.1. The van der Waals surface area contributed by atoms with E-state index in [1.54, 1.807) is 12.3 Å². The molecule has 0 aliphatic carbocycles. The number of nitrogens with zero attached hydrogens (tertiary/aromatic N) is 3. The van der Waals surface area contributed by atoms with Gasteiger partial charge in [0.15, 0.2) is 5.78 Å². The van der Waals surface area contributed by atoms with Crippen molar-refractivity contribution in [2.45, 2.75) is 12.8 Å². The van der Waals surface area contributed by atoms with E-state index in [-0.39, 0.29) is 24.1 Å². The van der Waals surface area contributed by atoms with Crippen LogP contribution in [-0.2, 0) is 17.7 Å².